The summed E-state index contributed by atoms with van der Waals surface area (Å²) in [5, 5.41) is 28.6. The van der Waals surface area contributed by atoms with Crippen molar-refractivity contribution < 1.29 is 20.1 Å². The fraction of sp³-hybridized carbons (Fsp3) is 0.538. The van der Waals surface area contributed by atoms with Crippen molar-refractivity contribution in [3.63, 3.8) is 0 Å². The van der Waals surface area contributed by atoms with Gasteiger partial charge >= 0.3 is 0 Å². The highest BCUT2D eigenvalue weighted by Gasteiger charge is 2.31. The quantitative estimate of drug-likeness (QED) is 0.668. The third kappa shape index (κ3) is 2.85. The second-order valence-corrected chi connectivity index (χ2v) is 5.07. The fourth-order valence-corrected chi connectivity index (χ4v) is 2.52. The summed E-state index contributed by atoms with van der Waals surface area (Å²) in [4.78, 5) is 23.0. The number of pyridine rings is 1. The Bertz CT molecular complexity index is 542. The number of nitrogens with zero attached hydrogens (tertiary/aromatic N) is 1. The van der Waals surface area contributed by atoms with Crippen LogP contribution < -0.4 is 5.43 Å². The molecule has 0 saturated heterocycles. The zero-order valence-electron chi connectivity index (χ0n) is 10.5. The van der Waals surface area contributed by atoms with Gasteiger partial charge in [-0.15, -0.1) is 0 Å². The molecule has 0 unspecified atom stereocenters. The van der Waals surface area contributed by atoms with Gasteiger partial charge in [0.05, 0.1) is 17.7 Å². The van der Waals surface area contributed by atoms with E-state index in [0.29, 0.717) is 12.8 Å². The summed E-state index contributed by atoms with van der Waals surface area (Å²) in [5.41, 5.74) is -1.92. The molecule has 0 aliphatic heterocycles. The Morgan fingerprint density at radius 1 is 1.32 bits per heavy atom. The molecule has 0 bridgehead atoms. The number of aromatic hydroxyl groups is 1. The molecule has 6 nitrogen and oxygen atoms in total. The second-order valence-electron chi connectivity index (χ2n) is 5.07. The molecule has 6 heteroatoms. The zero-order valence-corrected chi connectivity index (χ0v) is 10.5. The topological polar surface area (TPSA) is 99.8 Å². The number of aliphatic hydroxyl groups is 2. The van der Waals surface area contributed by atoms with Crippen LogP contribution in [0.5, 0.6) is 5.75 Å². The maximum atomic E-state index is 11.6. The minimum Gasteiger partial charge on any atom is -0.503 e. The molecule has 0 radical (unpaired) electrons. The van der Waals surface area contributed by atoms with Gasteiger partial charge in [-0.2, -0.15) is 0 Å². The van der Waals surface area contributed by atoms with Crippen molar-refractivity contribution in [2.24, 2.45) is 0 Å². The molecule has 0 spiro atoms. The molecule has 0 atom stereocenters. The zero-order chi connectivity index (χ0) is 14.0. The van der Waals surface area contributed by atoms with Crippen molar-refractivity contribution in [3.8, 4) is 5.75 Å². The highest BCUT2D eigenvalue weighted by atomic mass is 16.3. The summed E-state index contributed by atoms with van der Waals surface area (Å²) < 4.78 is 1.44. The molecular weight excluding hydrogens is 250 g/mol. The average Bonchev–Trinajstić information content (AvgIpc) is 2.79. The Balaban J connectivity index is 2.34. The summed E-state index contributed by atoms with van der Waals surface area (Å²) in [7, 11) is 0. The number of aromatic nitrogens is 1. The van der Waals surface area contributed by atoms with Crippen molar-refractivity contribution in [3.05, 3.63) is 28.2 Å². The van der Waals surface area contributed by atoms with Crippen LogP contribution in [0.3, 0.4) is 0 Å². The number of hydrogen-bond acceptors (Lipinski definition) is 5. The van der Waals surface area contributed by atoms with E-state index in [1.807, 2.05) is 0 Å². The van der Waals surface area contributed by atoms with Gasteiger partial charge in [-0.1, -0.05) is 12.8 Å². The summed E-state index contributed by atoms with van der Waals surface area (Å²) in [5.74, 6) is -1.30. The van der Waals surface area contributed by atoms with Crippen LogP contribution in [0.2, 0.25) is 0 Å². The minimum absolute atomic E-state index is 0.215. The van der Waals surface area contributed by atoms with Gasteiger partial charge in [-0.05, 0) is 12.8 Å². The molecule has 1 heterocycles. The lowest BCUT2D eigenvalue weighted by molar-refractivity contribution is 0.0295. The van der Waals surface area contributed by atoms with Crippen LogP contribution in [0.1, 0.15) is 36.0 Å². The number of carbonyl (C=O) groups is 1. The van der Waals surface area contributed by atoms with Crippen LogP contribution in [0.15, 0.2) is 17.2 Å². The van der Waals surface area contributed by atoms with Gasteiger partial charge in [-0.3, -0.25) is 9.59 Å². The predicted octanol–water partition coefficient (Wildman–Crippen LogP) is 0.0340. The monoisotopic (exact) mass is 267 g/mol. The van der Waals surface area contributed by atoms with Crippen LogP contribution >= 0.6 is 0 Å². The molecule has 0 aromatic carbocycles. The smallest absolute Gasteiger partial charge is 0.233 e. The summed E-state index contributed by atoms with van der Waals surface area (Å²) >= 11 is 0. The lowest BCUT2D eigenvalue weighted by Gasteiger charge is -2.23. The van der Waals surface area contributed by atoms with Gasteiger partial charge in [0.15, 0.2) is 11.5 Å². The van der Waals surface area contributed by atoms with Crippen molar-refractivity contribution in [1.82, 2.24) is 4.57 Å². The summed E-state index contributed by atoms with van der Waals surface area (Å²) in [6, 6.07) is 0. The van der Waals surface area contributed by atoms with Gasteiger partial charge in [0.2, 0.25) is 5.43 Å². The molecule has 2 rings (SSSR count). The molecule has 1 fully saturated rings. The van der Waals surface area contributed by atoms with Crippen LogP contribution in [0.25, 0.3) is 0 Å². The lowest BCUT2D eigenvalue weighted by atomic mass is 10.0. The molecule has 0 amide bonds. The normalized spacial score (nSPS) is 17.6. The van der Waals surface area contributed by atoms with E-state index in [1.165, 1.54) is 17.0 Å². The highest BCUT2D eigenvalue weighted by molar-refractivity contribution is 5.96. The first-order chi connectivity index (χ1) is 8.95. The van der Waals surface area contributed by atoms with Crippen LogP contribution in [0, 0.1) is 0 Å². The SMILES string of the molecule is O=C(CO)c1cn(CC2(O)CCCC2)cc(O)c1=O. The third-order valence-corrected chi connectivity index (χ3v) is 3.52. The molecule has 19 heavy (non-hydrogen) atoms. The van der Waals surface area contributed by atoms with E-state index in [1.54, 1.807) is 0 Å². The fourth-order valence-electron chi connectivity index (χ4n) is 2.52. The van der Waals surface area contributed by atoms with E-state index in [2.05, 4.69) is 0 Å². The van der Waals surface area contributed by atoms with Crippen molar-refractivity contribution in [1.29, 1.82) is 0 Å². The molecule has 1 aliphatic rings. The highest BCUT2D eigenvalue weighted by Crippen LogP contribution is 2.31. The average molecular weight is 267 g/mol. The standard InChI is InChI=1S/C13H17NO5/c15-7-11(17)9-5-14(6-10(16)12(9)18)8-13(19)3-1-2-4-13/h5-6,15-16,19H,1-4,7-8H2. The van der Waals surface area contributed by atoms with Gasteiger partial charge in [0.25, 0.3) is 0 Å². The molecular formula is C13H17NO5. The van der Waals surface area contributed by atoms with E-state index >= 15 is 0 Å². The van der Waals surface area contributed by atoms with Crippen LogP contribution in [0.4, 0.5) is 0 Å². The molecule has 104 valence electrons. The van der Waals surface area contributed by atoms with E-state index in [4.69, 9.17) is 5.11 Å². The van der Waals surface area contributed by atoms with Crippen molar-refractivity contribution in [2.45, 2.75) is 37.8 Å². The van der Waals surface area contributed by atoms with E-state index in [0.717, 1.165) is 12.8 Å². The number of hydrogen-bond donors (Lipinski definition) is 3. The van der Waals surface area contributed by atoms with Gasteiger partial charge in [0, 0.05) is 12.4 Å². The van der Waals surface area contributed by atoms with E-state index < -0.39 is 29.2 Å². The van der Waals surface area contributed by atoms with Crippen LogP contribution in [-0.4, -0.2) is 37.9 Å². The first kappa shape index (κ1) is 13.8. The molecule has 1 saturated carbocycles. The molecule has 1 aliphatic carbocycles. The van der Waals surface area contributed by atoms with Crippen molar-refractivity contribution in [2.75, 3.05) is 6.61 Å². The third-order valence-electron chi connectivity index (χ3n) is 3.52. The van der Waals surface area contributed by atoms with Gasteiger partial charge < -0.3 is 19.9 Å². The first-order valence-electron chi connectivity index (χ1n) is 6.25. The Labute approximate surface area is 109 Å². The Morgan fingerprint density at radius 3 is 2.53 bits per heavy atom. The molecule has 1 aromatic rings. The minimum atomic E-state index is -0.860. The first-order valence-corrected chi connectivity index (χ1v) is 6.25. The van der Waals surface area contributed by atoms with E-state index in [-0.39, 0.29) is 12.1 Å². The summed E-state index contributed by atoms with van der Waals surface area (Å²) in [6.07, 6.45) is 5.66. The van der Waals surface area contributed by atoms with E-state index in [9.17, 15) is 19.8 Å². The number of aliphatic hydroxyl groups excluding tert-OH is 1. The Hall–Kier alpha value is -1.66. The Kier molecular flexibility index (Phi) is 3.73. The van der Waals surface area contributed by atoms with Gasteiger partial charge in [0.1, 0.15) is 6.61 Å². The second kappa shape index (κ2) is 5.14. The number of Topliss-reactive ketones (excluding diaryl/α,β-unsaturated/α-hetero) is 1. The Morgan fingerprint density at radius 2 is 1.95 bits per heavy atom. The summed E-state index contributed by atoms with van der Waals surface area (Å²) in [6.45, 7) is -0.574. The number of ketones is 1. The predicted molar refractivity (Wildman–Crippen MR) is 67.2 cm³/mol. The maximum absolute atomic E-state index is 11.6. The van der Waals surface area contributed by atoms with Crippen LogP contribution in [-0.2, 0) is 6.54 Å². The maximum Gasteiger partial charge on any atom is 0.233 e. The largest absolute Gasteiger partial charge is 0.503 e. The van der Waals surface area contributed by atoms with Gasteiger partial charge in [-0.25, -0.2) is 0 Å². The molecule has 1 aromatic heterocycles. The number of carbonyl (C=O) groups excluding carboxylic acids is 1. The number of rotatable bonds is 4. The molecule has 3 N–H and O–H groups in total. The van der Waals surface area contributed by atoms with Crippen molar-refractivity contribution >= 4 is 5.78 Å². The lowest BCUT2D eigenvalue weighted by Crippen LogP contribution is -2.31.